The number of nitrogens with zero attached hydrogens (tertiary/aromatic N) is 1. The molecule has 2 aromatic rings. The molecule has 0 atom stereocenters. The SMILES string of the molecule is COC(=O)c1ccc(/C=C/C(=O)O)n1-c1ccc(F)cc1. The summed E-state index contributed by atoms with van der Waals surface area (Å²) in [5.74, 6) is -2.09. The quantitative estimate of drug-likeness (QED) is 0.693. The Morgan fingerprint density at radius 3 is 2.43 bits per heavy atom. The van der Waals surface area contributed by atoms with Crippen LogP contribution in [0.25, 0.3) is 11.8 Å². The van der Waals surface area contributed by atoms with Crippen molar-refractivity contribution >= 4 is 18.0 Å². The van der Waals surface area contributed by atoms with Crippen LogP contribution in [0.15, 0.2) is 42.5 Å². The average molecular weight is 289 g/mol. The van der Waals surface area contributed by atoms with Crippen LogP contribution in [0, 0.1) is 5.82 Å². The molecule has 0 aliphatic heterocycles. The Hall–Kier alpha value is -2.89. The monoisotopic (exact) mass is 289 g/mol. The summed E-state index contributed by atoms with van der Waals surface area (Å²) >= 11 is 0. The number of aromatic nitrogens is 1. The molecular weight excluding hydrogens is 277 g/mol. The zero-order valence-electron chi connectivity index (χ0n) is 11.1. The fourth-order valence-corrected chi connectivity index (χ4v) is 1.88. The van der Waals surface area contributed by atoms with Gasteiger partial charge in [-0.2, -0.15) is 0 Å². The lowest BCUT2D eigenvalue weighted by Crippen LogP contribution is -2.10. The number of hydrogen-bond acceptors (Lipinski definition) is 3. The topological polar surface area (TPSA) is 68.5 Å². The Kier molecular flexibility index (Phi) is 4.18. The number of carboxylic acids is 1. The zero-order valence-corrected chi connectivity index (χ0v) is 11.1. The first-order valence-corrected chi connectivity index (χ1v) is 6.00. The third kappa shape index (κ3) is 3.17. The Bertz CT molecular complexity index is 701. The van der Waals surface area contributed by atoms with Gasteiger partial charge >= 0.3 is 11.9 Å². The van der Waals surface area contributed by atoms with Gasteiger partial charge in [0, 0.05) is 17.5 Å². The van der Waals surface area contributed by atoms with Gasteiger partial charge in [-0.1, -0.05) is 0 Å². The normalized spacial score (nSPS) is 10.8. The molecule has 0 radical (unpaired) electrons. The molecule has 0 amide bonds. The molecule has 21 heavy (non-hydrogen) atoms. The Labute approximate surface area is 119 Å². The first-order chi connectivity index (χ1) is 10.0. The molecule has 1 heterocycles. The highest BCUT2D eigenvalue weighted by molar-refractivity contribution is 5.90. The van der Waals surface area contributed by atoms with Crippen LogP contribution in [0.5, 0.6) is 0 Å². The van der Waals surface area contributed by atoms with Crippen molar-refractivity contribution in [1.29, 1.82) is 0 Å². The van der Waals surface area contributed by atoms with E-state index in [9.17, 15) is 14.0 Å². The maximum Gasteiger partial charge on any atom is 0.355 e. The van der Waals surface area contributed by atoms with Crippen LogP contribution in [-0.4, -0.2) is 28.7 Å². The Morgan fingerprint density at radius 1 is 1.19 bits per heavy atom. The summed E-state index contributed by atoms with van der Waals surface area (Å²) in [5.41, 5.74) is 1.20. The molecule has 2 rings (SSSR count). The number of carboxylic acid groups (broad SMARTS) is 1. The van der Waals surface area contributed by atoms with E-state index in [1.165, 1.54) is 48.1 Å². The van der Waals surface area contributed by atoms with Crippen molar-refractivity contribution in [2.45, 2.75) is 0 Å². The Balaban J connectivity index is 2.58. The summed E-state index contributed by atoms with van der Waals surface area (Å²) in [6.07, 6.45) is 2.30. The molecule has 0 aliphatic rings. The highest BCUT2D eigenvalue weighted by Gasteiger charge is 2.15. The van der Waals surface area contributed by atoms with Gasteiger partial charge in [0.2, 0.25) is 0 Å². The molecule has 1 N–H and O–H groups in total. The molecule has 108 valence electrons. The first kappa shape index (κ1) is 14.5. The van der Waals surface area contributed by atoms with Gasteiger partial charge < -0.3 is 14.4 Å². The number of esters is 1. The van der Waals surface area contributed by atoms with E-state index in [2.05, 4.69) is 4.74 Å². The maximum absolute atomic E-state index is 13.0. The first-order valence-electron chi connectivity index (χ1n) is 6.00. The molecule has 1 aromatic carbocycles. The summed E-state index contributed by atoms with van der Waals surface area (Å²) in [6.45, 7) is 0. The van der Waals surface area contributed by atoms with Crippen LogP contribution in [0.2, 0.25) is 0 Å². The van der Waals surface area contributed by atoms with E-state index in [1.54, 1.807) is 6.07 Å². The minimum absolute atomic E-state index is 0.217. The second-order valence-corrected chi connectivity index (χ2v) is 4.12. The number of ether oxygens (including phenoxy) is 1. The van der Waals surface area contributed by atoms with Crippen LogP contribution in [-0.2, 0) is 9.53 Å². The van der Waals surface area contributed by atoms with Gasteiger partial charge in [0.1, 0.15) is 11.5 Å². The van der Waals surface area contributed by atoms with Crippen molar-refractivity contribution in [3.8, 4) is 5.69 Å². The number of aliphatic carboxylic acids is 1. The number of rotatable bonds is 4. The van der Waals surface area contributed by atoms with E-state index < -0.39 is 17.8 Å². The van der Waals surface area contributed by atoms with Crippen molar-refractivity contribution < 1.29 is 23.8 Å². The Morgan fingerprint density at radius 2 is 1.86 bits per heavy atom. The van der Waals surface area contributed by atoms with Crippen molar-refractivity contribution in [2.75, 3.05) is 7.11 Å². The highest BCUT2D eigenvalue weighted by atomic mass is 19.1. The summed E-state index contributed by atoms with van der Waals surface area (Å²) in [4.78, 5) is 22.4. The van der Waals surface area contributed by atoms with Gasteiger partial charge in [-0.15, -0.1) is 0 Å². The summed E-state index contributed by atoms with van der Waals surface area (Å²) in [5, 5.41) is 8.70. The van der Waals surface area contributed by atoms with E-state index in [1.807, 2.05) is 0 Å². The smallest absolute Gasteiger partial charge is 0.355 e. The lowest BCUT2D eigenvalue weighted by atomic mass is 10.3. The molecule has 1 aromatic heterocycles. The van der Waals surface area contributed by atoms with E-state index in [0.29, 0.717) is 11.4 Å². The third-order valence-corrected chi connectivity index (χ3v) is 2.79. The van der Waals surface area contributed by atoms with E-state index in [-0.39, 0.29) is 5.69 Å². The van der Waals surface area contributed by atoms with Crippen molar-refractivity contribution in [3.63, 3.8) is 0 Å². The lowest BCUT2D eigenvalue weighted by molar-refractivity contribution is -0.131. The molecule has 5 nitrogen and oxygen atoms in total. The molecular formula is C15H12FNO4. The molecule has 0 saturated carbocycles. The molecule has 0 aliphatic carbocycles. The van der Waals surface area contributed by atoms with Crippen LogP contribution >= 0.6 is 0 Å². The summed E-state index contributed by atoms with van der Waals surface area (Å²) in [7, 11) is 1.25. The van der Waals surface area contributed by atoms with E-state index in [0.717, 1.165) is 6.08 Å². The maximum atomic E-state index is 13.0. The standard InChI is InChI=1S/C15H12FNO4/c1-21-15(20)13-8-6-12(7-9-14(18)19)17(13)11-4-2-10(16)3-5-11/h2-9H,1H3,(H,18,19)/b9-7+. The lowest BCUT2D eigenvalue weighted by Gasteiger charge is -2.10. The summed E-state index contributed by atoms with van der Waals surface area (Å²) in [6, 6.07) is 8.56. The highest BCUT2D eigenvalue weighted by Crippen LogP contribution is 2.20. The number of carbonyl (C=O) groups is 2. The largest absolute Gasteiger partial charge is 0.478 e. The van der Waals surface area contributed by atoms with E-state index in [4.69, 9.17) is 5.11 Å². The van der Waals surface area contributed by atoms with Crippen molar-refractivity contribution in [1.82, 2.24) is 4.57 Å². The van der Waals surface area contributed by atoms with Gasteiger partial charge in [-0.3, -0.25) is 0 Å². The van der Waals surface area contributed by atoms with E-state index >= 15 is 0 Å². The second-order valence-electron chi connectivity index (χ2n) is 4.12. The third-order valence-electron chi connectivity index (χ3n) is 2.79. The molecule has 6 heteroatoms. The second kappa shape index (κ2) is 6.04. The number of methoxy groups -OCH3 is 1. The van der Waals surface area contributed by atoms with Gasteiger partial charge in [0.05, 0.1) is 7.11 Å². The summed E-state index contributed by atoms with van der Waals surface area (Å²) < 4.78 is 19.2. The van der Waals surface area contributed by atoms with Crippen molar-refractivity contribution in [3.05, 3.63) is 59.7 Å². The fourth-order valence-electron chi connectivity index (χ4n) is 1.88. The minimum atomic E-state index is -1.11. The number of benzene rings is 1. The van der Waals surface area contributed by atoms with Gasteiger partial charge in [-0.05, 0) is 42.5 Å². The predicted octanol–water partition coefficient (Wildman–Crippen LogP) is 2.50. The molecule has 0 unspecified atom stereocenters. The fraction of sp³-hybridized carbons (Fsp3) is 0.0667. The number of carbonyl (C=O) groups excluding carboxylic acids is 1. The van der Waals surface area contributed by atoms with Crippen LogP contribution in [0.3, 0.4) is 0 Å². The predicted molar refractivity (Wildman–Crippen MR) is 73.7 cm³/mol. The number of halogens is 1. The molecule has 0 bridgehead atoms. The zero-order chi connectivity index (χ0) is 15.4. The molecule has 0 saturated heterocycles. The molecule has 0 fully saturated rings. The van der Waals surface area contributed by atoms with Gasteiger partial charge in [-0.25, -0.2) is 14.0 Å². The molecule has 0 spiro atoms. The van der Waals surface area contributed by atoms with Crippen molar-refractivity contribution in [2.24, 2.45) is 0 Å². The van der Waals surface area contributed by atoms with Crippen LogP contribution in [0.4, 0.5) is 4.39 Å². The number of hydrogen-bond donors (Lipinski definition) is 1. The van der Waals surface area contributed by atoms with Gasteiger partial charge in [0.15, 0.2) is 0 Å². The van der Waals surface area contributed by atoms with Crippen LogP contribution < -0.4 is 0 Å². The van der Waals surface area contributed by atoms with Crippen LogP contribution in [0.1, 0.15) is 16.2 Å². The minimum Gasteiger partial charge on any atom is -0.478 e. The average Bonchev–Trinajstić information content (AvgIpc) is 2.89. The van der Waals surface area contributed by atoms with Gasteiger partial charge in [0.25, 0.3) is 0 Å².